The monoisotopic (exact) mass is 220 g/mol. The van der Waals surface area contributed by atoms with Crippen molar-refractivity contribution in [3.63, 3.8) is 0 Å². The summed E-state index contributed by atoms with van der Waals surface area (Å²) in [7, 11) is 0. The van der Waals surface area contributed by atoms with E-state index < -0.39 is 11.7 Å². The van der Waals surface area contributed by atoms with E-state index in [0.29, 0.717) is 6.42 Å². The number of hydrogen-bond donors (Lipinski definition) is 2. The van der Waals surface area contributed by atoms with Gasteiger partial charge >= 0.3 is 0 Å². The van der Waals surface area contributed by atoms with E-state index >= 15 is 0 Å². The molecule has 4 N–H and O–H groups in total. The van der Waals surface area contributed by atoms with Crippen molar-refractivity contribution < 1.29 is 4.39 Å². The zero-order valence-electron chi connectivity index (χ0n) is 8.68. The van der Waals surface area contributed by atoms with E-state index in [0.717, 1.165) is 5.56 Å². The van der Waals surface area contributed by atoms with Crippen molar-refractivity contribution >= 4 is 12.6 Å². The Morgan fingerprint density at radius 3 is 2.62 bits per heavy atom. The van der Waals surface area contributed by atoms with Gasteiger partial charge < -0.3 is 11.5 Å². The second kappa shape index (κ2) is 4.11. The largest absolute Gasteiger partial charge is 0.317 e. The Labute approximate surface area is 92.9 Å². The molecule has 0 amide bonds. The minimum atomic E-state index is -0.799. The quantitative estimate of drug-likeness (QED) is 0.759. The van der Waals surface area contributed by atoms with E-state index in [1.165, 1.54) is 18.5 Å². The maximum Gasteiger partial charge on any atom is 0.123 e. The molecule has 0 bridgehead atoms. The van der Waals surface area contributed by atoms with Crippen LogP contribution in [0.1, 0.15) is 5.56 Å². The summed E-state index contributed by atoms with van der Waals surface area (Å²) in [5.74, 6) is -0.269. The highest BCUT2D eigenvalue weighted by Gasteiger charge is 2.32. The van der Waals surface area contributed by atoms with E-state index in [1.807, 2.05) is 0 Å². The van der Waals surface area contributed by atoms with Crippen LogP contribution in [0, 0.1) is 5.82 Å². The molecule has 0 aliphatic carbocycles. The fourth-order valence-electron chi connectivity index (χ4n) is 1.60. The third-order valence-corrected chi connectivity index (χ3v) is 2.58. The van der Waals surface area contributed by atoms with E-state index in [2.05, 4.69) is 9.98 Å². The maximum absolute atomic E-state index is 12.7. The van der Waals surface area contributed by atoms with Crippen LogP contribution in [0.4, 0.5) is 4.39 Å². The number of halogens is 1. The second-order valence-electron chi connectivity index (χ2n) is 3.90. The lowest BCUT2D eigenvalue weighted by molar-refractivity contribution is 0.462. The van der Waals surface area contributed by atoms with Gasteiger partial charge in [-0.25, -0.2) is 9.38 Å². The van der Waals surface area contributed by atoms with Gasteiger partial charge in [0.05, 0.1) is 5.54 Å². The Hall–Kier alpha value is -1.59. The highest BCUT2D eigenvalue weighted by molar-refractivity contribution is 5.82. The Morgan fingerprint density at radius 1 is 1.31 bits per heavy atom. The third kappa shape index (κ3) is 2.15. The van der Waals surface area contributed by atoms with Gasteiger partial charge in [-0.1, -0.05) is 12.1 Å². The average molecular weight is 220 g/mol. The molecule has 0 spiro atoms. The van der Waals surface area contributed by atoms with Crippen molar-refractivity contribution in [3.05, 3.63) is 35.6 Å². The first-order valence-corrected chi connectivity index (χ1v) is 4.95. The molecule has 2 rings (SSSR count). The van der Waals surface area contributed by atoms with Crippen LogP contribution in [0.15, 0.2) is 34.3 Å². The van der Waals surface area contributed by atoms with Gasteiger partial charge in [0.25, 0.3) is 0 Å². The molecule has 5 heteroatoms. The van der Waals surface area contributed by atoms with Crippen molar-refractivity contribution in [1.29, 1.82) is 0 Å². The van der Waals surface area contributed by atoms with Gasteiger partial charge in [-0.15, -0.1) is 0 Å². The summed E-state index contributed by atoms with van der Waals surface area (Å²) in [6.45, 7) is 0. The molecule has 84 valence electrons. The fourth-order valence-corrected chi connectivity index (χ4v) is 1.60. The predicted octanol–water partition coefficient (Wildman–Crippen LogP) is 0.463. The van der Waals surface area contributed by atoms with Crippen molar-refractivity contribution in [2.45, 2.75) is 18.1 Å². The average Bonchev–Trinajstić information content (AvgIpc) is 2.26. The van der Waals surface area contributed by atoms with Gasteiger partial charge in [0, 0.05) is 6.21 Å². The van der Waals surface area contributed by atoms with Crippen LogP contribution in [0.25, 0.3) is 0 Å². The van der Waals surface area contributed by atoms with Crippen LogP contribution in [0.3, 0.4) is 0 Å². The van der Waals surface area contributed by atoms with Crippen LogP contribution in [-0.2, 0) is 6.42 Å². The SMILES string of the molecule is NC1N=CN=CC1(N)Cc1ccc(F)cc1. The molecular formula is C11H13FN4. The number of nitrogens with zero attached hydrogens (tertiary/aromatic N) is 2. The first kappa shape index (κ1) is 10.9. The smallest absolute Gasteiger partial charge is 0.123 e. The highest BCUT2D eigenvalue weighted by atomic mass is 19.1. The molecule has 0 saturated heterocycles. The molecule has 1 aliphatic heterocycles. The zero-order valence-corrected chi connectivity index (χ0v) is 8.68. The zero-order chi connectivity index (χ0) is 11.6. The van der Waals surface area contributed by atoms with Crippen molar-refractivity contribution in [2.75, 3.05) is 0 Å². The number of aliphatic imine (C=N–C) groups is 2. The first-order valence-electron chi connectivity index (χ1n) is 4.95. The van der Waals surface area contributed by atoms with Crippen LogP contribution < -0.4 is 11.5 Å². The van der Waals surface area contributed by atoms with Gasteiger partial charge in [0.15, 0.2) is 0 Å². The number of rotatable bonds is 2. The molecule has 2 atom stereocenters. The summed E-state index contributed by atoms with van der Waals surface area (Å²) in [6, 6.07) is 6.16. The summed E-state index contributed by atoms with van der Waals surface area (Å²) in [5.41, 5.74) is 12.0. The standard InChI is InChI=1S/C11H13FN4/c12-9-3-1-8(2-4-9)5-11(14)6-15-7-16-10(11)13/h1-4,6-7,10H,5,13-14H2. The minimum absolute atomic E-state index is 0.269. The van der Waals surface area contributed by atoms with E-state index in [-0.39, 0.29) is 5.82 Å². The van der Waals surface area contributed by atoms with Gasteiger partial charge in [-0.05, 0) is 24.1 Å². The summed E-state index contributed by atoms with van der Waals surface area (Å²) in [6.07, 6.45) is 2.94. The topological polar surface area (TPSA) is 76.8 Å². The summed E-state index contributed by atoms with van der Waals surface area (Å²) in [4.78, 5) is 7.85. The molecule has 1 aromatic carbocycles. The Kier molecular flexibility index (Phi) is 2.80. The lowest BCUT2D eigenvalue weighted by Crippen LogP contribution is -2.58. The molecule has 0 fully saturated rings. The van der Waals surface area contributed by atoms with Crippen LogP contribution >= 0.6 is 0 Å². The maximum atomic E-state index is 12.7. The molecule has 0 radical (unpaired) electrons. The third-order valence-electron chi connectivity index (χ3n) is 2.58. The van der Waals surface area contributed by atoms with Crippen molar-refractivity contribution in [2.24, 2.45) is 21.5 Å². The minimum Gasteiger partial charge on any atom is -0.317 e. The molecule has 16 heavy (non-hydrogen) atoms. The van der Waals surface area contributed by atoms with Crippen molar-refractivity contribution in [1.82, 2.24) is 0 Å². The van der Waals surface area contributed by atoms with Gasteiger partial charge in [-0.3, -0.25) is 4.99 Å². The van der Waals surface area contributed by atoms with E-state index in [1.54, 1.807) is 18.3 Å². The predicted molar refractivity (Wildman–Crippen MR) is 62.0 cm³/mol. The van der Waals surface area contributed by atoms with Crippen LogP contribution in [0.2, 0.25) is 0 Å². The van der Waals surface area contributed by atoms with Crippen molar-refractivity contribution in [3.8, 4) is 0 Å². The Bertz CT molecular complexity index is 426. The summed E-state index contributed by atoms with van der Waals surface area (Å²) >= 11 is 0. The second-order valence-corrected chi connectivity index (χ2v) is 3.90. The fraction of sp³-hybridized carbons (Fsp3) is 0.273. The summed E-state index contributed by atoms with van der Waals surface area (Å²) in [5, 5.41) is 0. The lowest BCUT2D eigenvalue weighted by Gasteiger charge is -2.30. The van der Waals surface area contributed by atoms with E-state index in [9.17, 15) is 4.39 Å². The molecule has 1 aliphatic rings. The number of nitrogens with two attached hydrogens (primary N) is 2. The number of hydrogen-bond acceptors (Lipinski definition) is 4. The first-order chi connectivity index (χ1) is 7.60. The molecule has 4 nitrogen and oxygen atoms in total. The molecule has 0 aromatic heterocycles. The molecule has 2 unspecified atom stereocenters. The van der Waals surface area contributed by atoms with Gasteiger partial charge in [0.1, 0.15) is 18.3 Å². The molecule has 1 heterocycles. The highest BCUT2D eigenvalue weighted by Crippen LogP contribution is 2.15. The van der Waals surface area contributed by atoms with Gasteiger partial charge in [-0.2, -0.15) is 0 Å². The molecule has 0 saturated carbocycles. The molecular weight excluding hydrogens is 207 g/mol. The van der Waals surface area contributed by atoms with Gasteiger partial charge in [0.2, 0.25) is 0 Å². The summed E-state index contributed by atoms with van der Waals surface area (Å²) < 4.78 is 12.7. The lowest BCUT2D eigenvalue weighted by atomic mass is 9.90. The van der Waals surface area contributed by atoms with Crippen LogP contribution in [-0.4, -0.2) is 24.3 Å². The number of benzene rings is 1. The Morgan fingerprint density at radius 2 is 2.00 bits per heavy atom. The normalized spacial score (nSPS) is 28.3. The van der Waals surface area contributed by atoms with Crippen LogP contribution in [0.5, 0.6) is 0 Å². The van der Waals surface area contributed by atoms with E-state index in [4.69, 9.17) is 11.5 Å². The molecule has 1 aromatic rings. The Balaban J connectivity index is 2.17.